The number of aryl methyl sites for hydroxylation is 1. The number of rotatable bonds is 11. The van der Waals surface area contributed by atoms with E-state index in [1.807, 2.05) is 67.6 Å². The molecule has 206 valence electrons. The zero-order chi connectivity index (χ0) is 27.6. The van der Waals surface area contributed by atoms with Crippen LogP contribution in [0.2, 0.25) is 10.0 Å². The first-order chi connectivity index (χ1) is 18.9. The highest BCUT2D eigenvalue weighted by atomic mass is 35.5. The van der Waals surface area contributed by atoms with E-state index in [1.54, 1.807) is 17.0 Å². The van der Waals surface area contributed by atoms with Crippen LogP contribution in [0.4, 0.5) is 0 Å². The Morgan fingerprint density at radius 3 is 2.38 bits per heavy atom. The maximum atomic E-state index is 13.9. The van der Waals surface area contributed by atoms with Gasteiger partial charge in [-0.25, -0.2) is 0 Å². The summed E-state index contributed by atoms with van der Waals surface area (Å²) in [5.74, 6) is 0.691. The molecule has 1 fully saturated rings. The minimum absolute atomic E-state index is 0.0620. The average Bonchev–Trinajstić information content (AvgIpc) is 2.94. The van der Waals surface area contributed by atoms with Gasteiger partial charge in [0.15, 0.2) is 0 Å². The summed E-state index contributed by atoms with van der Waals surface area (Å²) in [6.07, 6.45) is 5.92. The maximum Gasteiger partial charge on any atom is 0.243 e. The summed E-state index contributed by atoms with van der Waals surface area (Å²) >= 11 is 13.9. The molecule has 0 heterocycles. The number of halogens is 2. The molecular weight excluding hydrogens is 547 g/mol. The molecule has 4 rings (SSSR count). The van der Waals surface area contributed by atoms with E-state index in [9.17, 15) is 9.59 Å². The second-order valence-electron chi connectivity index (χ2n) is 10.2. The fourth-order valence-electron chi connectivity index (χ4n) is 5.04. The lowest BCUT2D eigenvalue weighted by Crippen LogP contribution is -2.53. The van der Waals surface area contributed by atoms with Crippen molar-refractivity contribution in [2.24, 2.45) is 0 Å². The van der Waals surface area contributed by atoms with Crippen LogP contribution in [-0.2, 0) is 28.3 Å². The van der Waals surface area contributed by atoms with Gasteiger partial charge in [0.25, 0.3) is 0 Å². The molecule has 0 aliphatic heterocycles. The maximum absolute atomic E-state index is 13.9. The predicted octanol–water partition coefficient (Wildman–Crippen LogP) is 7.62. The summed E-state index contributed by atoms with van der Waals surface area (Å²) in [4.78, 5) is 29.5. The molecule has 7 heteroatoms. The molecule has 39 heavy (non-hydrogen) atoms. The van der Waals surface area contributed by atoms with Crippen molar-refractivity contribution in [3.63, 3.8) is 0 Å². The van der Waals surface area contributed by atoms with Crippen LogP contribution in [0.3, 0.4) is 0 Å². The molecule has 1 unspecified atom stereocenters. The Labute approximate surface area is 246 Å². The molecule has 1 saturated carbocycles. The van der Waals surface area contributed by atoms with Gasteiger partial charge >= 0.3 is 0 Å². The van der Waals surface area contributed by atoms with Crippen LogP contribution in [0.5, 0.6) is 0 Å². The lowest BCUT2D eigenvalue weighted by Gasteiger charge is -2.34. The van der Waals surface area contributed by atoms with E-state index in [0.29, 0.717) is 28.8 Å². The number of nitrogens with zero attached hydrogens (tertiary/aromatic N) is 1. The molecule has 1 aliphatic carbocycles. The first-order valence-electron chi connectivity index (χ1n) is 13.6. The van der Waals surface area contributed by atoms with Crippen molar-refractivity contribution < 1.29 is 9.59 Å². The van der Waals surface area contributed by atoms with Crippen LogP contribution >= 0.6 is 35.0 Å². The monoisotopic (exact) mass is 582 g/mol. The van der Waals surface area contributed by atoms with Crippen molar-refractivity contribution in [2.75, 3.05) is 5.75 Å². The zero-order valence-corrected chi connectivity index (χ0v) is 24.7. The van der Waals surface area contributed by atoms with Gasteiger partial charge in [0.1, 0.15) is 6.04 Å². The van der Waals surface area contributed by atoms with Crippen molar-refractivity contribution in [1.29, 1.82) is 0 Å². The number of hydrogen-bond acceptors (Lipinski definition) is 3. The largest absolute Gasteiger partial charge is 0.352 e. The van der Waals surface area contributed by atoms with E-state index in [1.165, 1.54) is 18.2 Å². The summed E-state index contributed by atoms with van der Waals surface area (Å²) in [5, 5.41) is 4.48. The third-order valence-electron chi connectivity index (χ3n) is 7.32. The predicted molar refractivity (Wildman–Crippen MR) is 163 cm³/mol. The summed E-state index contributed by atoms with van der Waals surface area (Å²) in [6.45, 7) is 2.42. The van der Waals surface area contributed by atoms with Gasteiger partial charge in [-0.3, -0.25) is 9.59 Å². The first kappa shape index (κ1) is 29.5. The lowest BCUT2D eigenvalue weighted by atomic mass is 9.94. The molecule has 3 aromatic carbocycles. The molecule has 0 bridgehead atoms. The molecule has 4 nitrogen and oxygen atoms in total. The Bertz CT molecular complexity index is 1250. The van der Waals surface area contributed by atoms with Crippen LogP contribution in [0, 0.1) is 6.92 Å². The fraction of sp³-hybridized carbons (Fsp3) is 0.375. The third-order valence-corrected chi connectivity index (χ3v) is 8.88. The average molecular weight is 584 g/mol. The third kappa shape index (κ3) is 8.76. The van der Waals surface area contributed by atoms with E-state index in [2.05, 4.69) is 5.32 Å². The Morgan fingerprint density at radius 2 is 1.67 bits per heavy atom. The SMILES string of the molecule is Cc1ccccc1CN(C(=O)CSCc1ccc(Cl)cc1Cl)C(Cc1ccccc1)C(=O)NC1CCCCC1. The normalized spacial score (nSPS) is 14.5. The smallest absolute Gasteiger partial charge is 0.243 e. The Hall–Kier alpha value is -2.47. The fourth-order valence-corrected chi connectivity index (χ4v) is 6.51. The highest BCUT2D eigenvalue weighted by Gasteiger charge is 2.32. The van der Waals surface area contributed by atoms with Crippen LogP contribution in [0.25, 0.3) is 0 Å². The molecular formula is C32H36Cl2N2O2S. The minimum Gasteiger partial charge on any atom is -0.352 e. The summed E-state index contributed by atoms with van der Waals surface area (Å²) < 4.78 is 0. The number of nitrogens with one attached hydrogen (secondary N) is 1. The number of hydrogen-bond donors (Lipinski definition) is 1. The summed E-state index contributed by atoms with van der Waals surface area (Å²) in [7, 11) is 0. The van der Waals surface area contributed by atoms with Crippen LogP contribution in [-0.4, -0.2) is 34.6 Å². The molecule has 0 radical (unpaired) electrons. The minimum atomic E-state index is -0.610. The van der Waals surface area contributed by atoms with Crippen LogP contribution in [0.1, 0.15) is 54.4 Å². The molecule has 1 aliphatic rings. The zero-order valence-electron chi connectivity index (χ0n) is 22.4. The molecule has 0 aromatic heterocycles. The van der Waals surface area contributed by atoms with Gasteiger partial charge in [-0.1, -0.05) is 103 Å². The van der Waals surface area contributed by atoms with Crippen molar-refractivity contribution in [3.8, 4) is 0 Å². The van der Waals surface area contributed by atoms with E-state index in [-0.39, 0.29) is 23.6 Å². The first-order valence-corrected chi connectivity index (χ1v) is 15.5. The number of amides is 2. The molecule has 1 N–H and O–H groups in total. The van der Waals surface area contributed by atoms with Gasteiger partial charge in [-0.05, 0) is 54.2 Å². The number of benzene rings is 3. The highest BCUT2D eigenvalue weighted by molar-refractivity contribution is 7.99. The molecule has 0 saturated heterocycles. The molecule has 2 amide bonds. The van der Waals surface area contributed by atoms with Gasteiger partial charge in [0, 0.05) is 34.8 Å². The molecule has 1 atom stereocenters. The summed E-state index contributed by atoms with van der Waals surface area (Å²) in [5.41, 5.74) is 4.10. The summed E-state index contributed by atoms with van der Waals surface area (Å²) in [6, 6.07) is 23.0. The van der Waals surface area contributed by atoms with E-state index in [4.69, 9.17) is 23.2 Å². The topological polar surface area (TPSA) is 49.4 Å². The van der Waals surface area contributed by atoms with Crippen LogP contribution in [0.15, 0.2) is 72.8 Å². The van der Waals surface area contributed by atoms with Crippen molar-refractivity contribution in [2.45, 2.75) is 69.8 Å². The lowest BCUT2D eigenvalue weighted by molar-refractivity contribution is -0.139. The standard InChI is InChI=1S/C32H36Cl2N2O2S/c1-23-10-8-9-13-25(23)20-36(31(37)22-39-21-26-16-17-27(33)19-29(26)34)30(18-24-11-4-2-5-12-24)32(38)35-28-14-6-3-7-15-28/h2,4-5,8-13,16-17,19,28,30H,3,6-7,14-15,18,20-22H2,1H3,(H,35,38). The molecule has 0 spiro atoms. The van der Waals surface area contributed by atoms with Crippen molar-refractivity contribution >= 4 is 46.8 Å². The van der Waals surface area contributed by atoms with Gasteiger partial charge in [0.05, 0.1) is 5.75 Å². The van der Waals surface area contributed by atoms with Gasteiger partial charge in [-0.2, -0.15) is 0 Å². The van der Waals surface area contributed by atoms with Gasteiger partial charge in [-0.15, -0.1) is 11.8 Å². The Balaban J connectivity index is 1.57. The van der Waals surface area contributed by atoms with Gasteiger partial charge < -0.3 is 10.2 Å². The van der Waals surface area contributed by atoms with E-state index < -0.39 is 6.04 Å². The quantitative estimate of drug-likeness (QED) is 0.253. The Morgan fingerprint density at radius 1 is 0.949 bits per heavy atom. The van der Waals surface area contributed by atoms with Gasteiger partial charge in [0.2, 0.25) is 11.8 Å². The number of carbonyl (C=O) groups is 2. The van der Waals surface area contributed by atoms with Crippen molar-refractivity contribution in [3.05, 3.63) is 105 Å². The highest BCUT2D eigenvalue weighted by Crippen LogP contribution is 2.26. The van der Waals surface area contributed by atoms with E-state index in [0.717, 1.165) is 47.9 Å². The van der Waals surface area contributed by atoms with E-state index >= 15 is 0 Å². The molecule has 3 aromatic rings. The second kappa shape index (κ2) is 14.8. The number of thioether (sulfide) groups is 1. The van der Waals surface area contributed by atoms with Crippen LogP contribution < -0.4 is 5.32 Å². The number of carbonyl (C=O) groups excluding carboxylic acids is 2. The Kier molecular flexibility index (Phi) is 11.2. The second-order valence-corrected chi connectivity index (χ2v) is 12.1. The van der Waals surface area contributed by atoms with Crippen molar-refractivity contribution in [1.82, 2.24) is 10.2 Å².